The van der Waals surface area contributed by atoms with Crippen LogP contribution in [-0.2, 0) is 4.79 Å². The maximum absolute atomic E-state index is 12.3. The first-order valence-corrected chi connectivity index (χ1v) is 6.59. The summed E-state index contributed by atoms with van der Waals surface area (Å²) in [4.78, 5) is 24.7. The van der Waals surface area contributed by atoms with Crippen molar-refractivity contribution in [1.29, 1.82) is 0 Å². The third-order valence-electron chi connectivity index (χ3n) is 3.76. The summed E-state index contributed by atoms with van der Waals surface area (Å²) in [5.41, 5.74) is 0. The molecule has 0 saturated carbocycles. The lowest BCUT2D eigenvalue weighted by atomic mass is 10.1. The highest BCUT2D eigenvalue weighted by Gasteiger charge is 2.41. The molecule has 0 aromatic carbocycles. The lowest BCUT2D eigenvalue weighted by Crippen LogP contribution is -2.59. The first kappa shape index (κ1) is 11.7. The Morgan fingerprint density at radius 1 is 1.33 bits per heavy atom. The van der Waals surface area contributed by atoms with E-state index in [0.717, 1.165) is 25.9 Å². The molecule has 5 nitrogen and oxygen atoms in total. The number of carbonyl (C=O) groups is 1. The molecule has 18 heavy (non-hydrogen) atoms. The van der Waals surface area contributed by atoms with E-state index in [4.69, 9.17) is 11.6 Å². The van der Waals surface area contributed by atoms with Crippen molar-refractivity contribution < 1.29 is 4.79 Å². The van der Waals surface area contributed by atoms with Crippen molar-refractivity contribution in [3.05, 3.63) is 17.4 Å². The number of halogens is 1. The molecular weight excluding hydrogens is 252 g/mol. The Bertz CT molecular complexity index is 464. The van der Waals surface area contributed by atoms with Gasteiger partial charge in [-0.2, -0.15) is 0 Å². The number of fused-ring (bicyclic) bond motifs is 1. The molecule has 6 heteroatoms. The van der Waals surface area contributed by atoms with E-state index in [0.29, 0.717) is 17.0 Å². The first-order valence-electron chi connectivity index (χ1n) is 6.21. The molecule has 0 bridgehead atoms. The van der Waals surface area contributed by atoms with Crippen LogP contribution in [0.3, 0.4) is 0 Å². The standard InChI is InChI=1S/C12H15ClN4O/c1-8-11(18)16-4-2-3-10(16)7-17(8)12-14-5-9(13)6-15-12/h5-6,8,10H,2-4,7H2,1H3/t8-,10+/m1/s1. The summed E-state index contributed by atoms with van der Waals surface area (Å²) in [6.07, 6.45) is 5.31. The minimum atomic E-state index is -0.194. The van der Waals surface area contributed by atoms with Crippen molar-refractivity contribution in [2.45, 2.75) is 31.8 Å². The van der Waals surface area contributed by atoms with E-state index >= 15 is 0 Å². The van der Waals surface area contributed by atoms with Gasteiger partial charge in [0.15, 0.2) is 0 Å². The summed E-state index contributed by atoms with van der Waals surface area (Å²) in [5, 5.41) is 0.511. The van der Waals surface area contributed by atoms with E-state index in [-0.39, 0.29) is 11.9 Å². The predicted octanol–water partition coefficient (Wildman–Crippen LogP) is 1.33. The zero-order chi connectivity index (χ0) is 12.7. The van der Waals surface area contributed by atoms with Gasteiger partial charge < -0.3 is 9.80 Å². The molecule has 2 aliphatic rings. The smallest absolute Gasteiger partial charge is 0.245 e. The Morgan fingerprint density at radius 2 is 2.06 bits per heavy atom. The fourth-order valence-corrected chi connectivity index (χ4v) is 2.88. The van der Waals surface area contributed by atoms with Crippen molar-refractivity contribution >= 4 is 23.5 Å². The van der Waals surface area contributed by atoms with E-state index in [1.807, 2.05) is 16.7 Å². The molecule has 0 spiro atoms. The van der Waals surface area contributed by atoms with Gasteiger partial charge in [-0.15, -0.1) is 0 Å². The van der Waals surface area contributed by atoms with Gasteiger partial charge in [0.25, 0.3) is 0 Å². The van der Waals surface area contributed by atoms with Crippen molar-refractivity contribution in [2.24, 2.45) is 0 Å². The van der Waals surface area contributed by atoms with Crippen molar-refractivity contribution in [1.82, 2.24) is 14.9 Å². The second-order valence-electron chi connectivity index (χ2n) is 4.86. The molecule has 3 rings (SSSR count). The molecule has 0 N–H and O–H groups in total. The lowest BCUT2D eigenvalue weighted by molar-refractivity contribution is -0.134. The number of piperazine rings is 1. The Labute approximate surface area is 111 Å². The van der Waals surface area contributed by atoms with Crippen LogP contribution < -0.4 is 4.90 Å². The molecule has 2 saturated heterocycles. The van der Waals surface area contributed by atoms with Crippen LogP contribution in [0.1, 0.15) is 19.8 Å². The molecule has 1 aromatic heterocycles. The van der Waals surface area contributed by atoms with Gasteiger partial charge in [0.05, 0.1) is 17.4 Å². The second-order valence-corrected chi connectivity index (χ2v) is 5.29. The number of aromatic nitrogens is 2. The number of amides is 1. The lowest BCUT2D eigenvalue weighted by Gasteiger charge is -2.41. The SMILES string of the molecule is C[C@@H]1C(=O)N2CCC[C@H]2CN1c1ncc(Cl)cn1. The average molecular weight is 267 g/mol. The number of hydrogen-bond acceptors (Lipinski definition) is 4. The van der Waals surface area contributed by atoms with Gasteiger partial charge >= 0.3 is 0 Å². The zero-order valence-electron chi connectivity index (χ0n) is 10.2. The summed E-state index contributed by atoms with van der Waals surface area (Å²) in [6.45, 7) is 3.62. The van der Waals surface area contributed by atoms with Gasteiger partial charge in [-0.05, 0) is 19.8 Å². The van der Waals surface area contributed by atoms with Gasteiger partial charge in [-0.3, -0.25) is 4.79 Å². The van der Waals surface area contributed by atoms with Crippen LogP contribution in [0.15, 0.2) is 12.4 Å². The molecule has 0 radical (unpaired) electrons. The largest absolute Gasteiger partial charge is 0.336 e. The molecule has 2 atom stereocenters. The van der Waals surface area contributed by atoms with Crippen molar-refractivity contribution in [3.63, 3.8) is 0 Å². The molecule has 2 aliphatic heterocycles. The minimum absolute atomic E-state index is 0.183. The number of rotatable bonds is 1. The van der Waals surface area contributed by atoms with E-state index in [1.165, 1.54) is 0 Å². The number of nitrogens with zero attached hydrogens (tertiary/aromatic N) is 4. The van der Waals surface area contributed by atoms with Crippen LogP contribution in [0.4, 0.5) is 5.95 Å². The van der Waals surface area contributed by atoms with Gasteiger partial charge in [0.2, 0.25) is 11.9 Å². The summed E-state index contributed by atoms with van der Waals surface area (Å²) in [6, 6.07) is 0.119. The third-order valence-corrected chi connectivity index (χ3v) is 3.95. The highest BCUT2D eigenvalue weighted by Crippen LogP contribution is 2.27. The highest BCUT2D eigenvalue weighted by atomic mass is 35.5. The monoisotopic (exact) mass is 266 g/mol. The summed E-state index contributed by atoms with van der Waals surface area (Å²) < 4.78 is 0. The predicted molar refractivity (Wildman–Crippen MR) is 68.6 cm³/mol. The summed E-state index contributed by atoms with van der Waals surface area (Å²) >= 11 is 5.79. The quantitative estimate of drug-likeness (QED) is 0.770. The van der Waals surface area contributed by atoms with E-state index in [9.17, 15) is 4.79 Å². The Hall–Kier alpha value is -1.36. The van der Waals surface area contributed by atoms with Crippen LogP contribution in [0.25, 0.3) is 0 Å². The summed E-state index contributed by atoms with van der Waals surface area (Å²) in [7, 11) is 0. The number of hydrogen-bond donors (Lipinski definition) is 0. The second kappa shape index (κ2) is 4.39. The Kier molecular flexibility index (Phi) is 2.86. The molecule has 96 valence electrons. The van der Waals surface area contributed by atoms with Crippen LogP contribution in [-0.4, -0.2) is 45.9 Å². The minimum Gasteiger partial charge on any atom is -0.336 e. The maximum Gasteiger partial charge on any atom is 0.245 e. The molecule has 3 heterocycles. The molecule has 1 amide bonds. The summed E-state index contributed by atoms with van der Waals surface area (Å²) in [5.74, 6) is 0.772. The molecule has 1 aromatic rings. The maximum atomic E-state index is 12.3. The van der Waals surface area contributed by atoms with Gasteiger partial charge in [0, 0.05) is 19.1 Å². The molecule has 0 aliphatic carbocycles. The van der Waals surface area contributed by atoms with E-state index in [1.54, 1.807) is 12.4 Å². The zero-order valence-corrected chi connectivity index (χ0v) is 11.0. The molecule has 0 unspecified atom stereocenters. The topological polar surface area (TPSA) is 49.3 Å². The number of anilines is 1. The molecule has 2 fully saturated rings. The number of carbonyl (C=O) groups excluding carboxylic acids is 1. The van der Waals surface area contributed by atoms with Crippen LogP contribution in [0.2, 0.25) is 5.02 Å². The van der Waals surface area contributed by atoms with Gasteiger partial charge in [-0.1, -0.05) is 11.6 Å². The Morgan fingerprint density at radius 3 is 2.78 bits per heavy atom. The normalized spacial score (nSPS) is 27.6. The van der Waals surface area contributed by atoms with Crippen molar-refractivity contribution in [2.75, 3.05) is 18.0 Å². The third kappa shape index (κ3) is 1.82. The van der Waals surface area contributed by atoms with Crippen LogP contribution >= 0.6 is 11.6 Å². The highest BCUT2D eigenvalue weighted by molar-refractivity contribution is 6.30. The van der Waals surface area contributed by atoms with Gasteiger partial charge in [0.1, 0.15) is 6.04 Å². The van der Waals surface area contributed by atoms with Crippen molar-refractivity contribution in [3.8, 4) is 0 Å². The van der Waals surface area contributed by atoms with E-state index in [2.05, 4.69) is 9.97 Å². The average Bonchev–Trinajstić information content (AvgIpc) is 2.83. The molecular formula is C12H15ClN4O. The van der Waals surface area contributed by atoms with Crippen LogP contribution in [0, 0.1) is 0 Å². The van der Waals surface area contributed by atoms with Crippen LogP contribution in [0.5, 0.6) is 0 Å². The first-order chi connectivity index (χ1) is 8.66. The van der Waals surface area contributed by atoms with Gasteiger partial charge in [-0.25, -0.2) is 9.97 Å². The van der Waals surface area contributed by atoms with E-state index < -0.39 is 0 Å². The fraction of sp³-hybridized carbons (Fsp3) is 0.583. The Balaban J connectivity index is 1.88. The fourth-order valence-electron chi connectivity index (χ4n) is 2.78.